The molecule has 0 aliphatic heterocycles. The van der Waals surface area contributed by atoms with E-state index in [0.717, 1.165) is 17.3 Å². The fraction of sp³-hybridized carbons (Fsp3) is 0.538. The van der Waals surface area contributed by atoms with Crippen LogP contribution in [0.2, 0.25) is 30.7 Å². The Morgan fingerprint density at radius 1 is 1.12 bits per heavy atom. The molecule has 0 heterocycles. The van der Waals surface area contributed by atoms with E-state index in [1.807, 2.05) is 12.1 Å². The first-order valence-corrected chi connectivity index (χ1v) is 10.3. The second-order valence-corrected chi connectivity index (χ2v) is 11.9. The van der Waals surface area contributed by atoms with E-state index in [0.29, 0.717) is 5.92 Å². The van der Waals surface area contributed by atoms with Crippen LogP contribution in [0.1, 0.15) is 5.56 Å². The summed E-state index contributed by atoms with van der Waals surface area (Å²) in [4.78, 5) is 0. The summed E-state index contributed by atoms with van der Waals surface area (Å²) in [5.41, 5.74) is 1.34. The molecular weight excluding hydrogens is 255 g/mol. The normalized spacial score (nSPS) is 13.8. The van der Waals surface area contributed by atoms with Crippen LogP contribution in [0.4, 0.5) is 0 Å². The molecule has 0 amide bonds. The smallest absolute Gasteiger partial charge is 0.0445 e. The van der Waals surface area contributed by atoms with Gasteiger partial charge in [-0.25, -0.2) is 0 Å². The molecular formula is C13H20Cl2Si. The van der Waals surface area contributed by atoms with Crippen molar-refractivity contribution in [2.75, 3.05) is 5.88 Å². The number of alkyl halides is 1. The first-order chi connectivity index (χ1) is 7.40. The lowest BCUT2D eigenvalue weighted by Crippen LogP contribution is -2.25. The second kappa shape index (κ2) is 6.09. The standard InChI is InChI=1S/C13H20Cl2Si/c1-16(2,3)10-12(9-14)8-11-4-6-13(15)7-5-11/h4-7,12H,8-10H2,1-3H3. The van der Waals surface area contributed by atoms with E-state index in [1.165, 1.54) is 11.6 Å². The zero-order chi connectivity index (χ0) is 12.2. The van der Waals surface area contributed by atoms with Crippen LogP contribution in [0.3, 0.4) is 0 Å². The van der Waals surface area contributed by atoms with Gasteiger partial charge >= 0.3 is 0 Å². The highest BCUT2D eigenvalue weighted by Gasteiger charge is 2.20. The van der Waals surface area contributed by atoms with Gasteiger partial charge in [-0.05, 0) is 30.0 Å². The third kappa shape index (κ3) is 5.38. The molecule has 1 aromatic rings. The molecule has 1 rings (SSSR count). The minimum Gasteiger partial charge on any atom is -0.126 e. The molecule has 0 spiro atoms. The van der Waals surface area contributed by atoms with Crippen molar-refractivity contribution < 1.29 is 0 Å². The van der Waals surface area contributed by atoms with Gasteiger partial charge in [-0.1, -0.05) is 49.4 Å². The molecule has 0 bridgehead atoms. The quantitative estimate of drug-likeness (QED) is 0.519. The lowest BCUT2D eigenvalue weighted by atomic mass is 10.0. The van der Waals surface area contributed by atoms with Crippen molar-refractivity contribution in [2.45, 2.75) is 32.1 Å². The molecule has 0 fully saturated rings. The Morgan fingerprint density at radius 2 is 1.69 bits per heavy atom. The molecule has 1 unspecified atom stereocenters. The lowest BCUT2D eigenvalue weighted by Gasteiger charge is -2.22. The predicted molar refractivity (Wildman–Crippen MR) is 77.5 cm³/mol. The predicted octanol–water partition coefficient (Wildman–Crippen LogP) is 5.08. The van der Waals surface area contributed by atoms with E-state index < -0.39 is 8.07 Å². The van der Waals surface area contributed by atoms with Crippen molar-refractivity contribution in [3.8, 4) is 0 Å². The Hall–Kier alpha value is 0.0169. The van der Waals surface area contributed by atoms with Gasteiger partial charge in [0.15, 0.2) is 0 Å². The van der Waals surface area contributed by atoms with Gasteiger partial charge in [0.1, 0.15) is 0 Å². The molecule has 0 saturated carbocycles. The highest BCUT2D eigenvalue weighted by atomic mass is 35.5. The molecule has 0 saturated heterocycles. The van der Waals surface area contributed by atoms with Gasteiger partial charge in [0.25, 0.3) is 0 Å². The fourth-order valence-electron chi connectivity index (χ4n) is 2.00. The summed E-state index contributed by atoms with van der Waals surface area (Å²) in [7, 11) is -1.02. The van der Waals surface area contributed by atoms with Crippen molar-refractivity contribution in [1.29, 1.82) is 0 Å². The van der Waals surface area contributed by atoms with Crippen LogP contribution < -0.4 is 0 Å². The Kier molecular flexibility index (Phi) is 5.36. The summed E-state index contributed by atoms with van der Waals surface area (Å²) in [5.74, 6) is 1.36. The van der Waals surface area contributed by atoms with Gasteiger partial charge in [0.05, 0.1) is 0 Å². The van der Waals surface area contributed by atoms with Crippen LogP contribution in [0, 0.1) is 5.92 Å². The summed E-state index contributed by atoms with van der Waals surface area (Å²) in [6, 6.07) is 9.41. The highest BCUT2D eigenvalue weighted by molar-refractivity contribution is 6.76. The van der Waals surface area contributed by atoms with Crippen LogP contribution in [0.5, 0.6) is 0 Å². The molecule has 0 aliphatic rings. The Balaban J connectivity index is 2.60. The van der Waals surface area contributed by atoms with Crippen LogP contribution in [-0.4, -0.2) is 14.0 Å². The van der Waals surface area contributed by atoms with E-state index in [2.05, 4.69) is 31.8 Å². The molecule has 0 radical (unpaired) electrons. The van der Waals surface area contributed by atoms with Crippen molar-refractivity contribution >= 4 is 31.3 Å². The average molecular weight is 275 g/mol. The Labute approximate surface area is 110 Å². The molecule has 1 atom stereocenters. The van der Waals surface area contributed by atoms with Gasteiger partial charge in [0.2, 0.25) is 0 Å². The van der Waals surface area contributed by atoms with E-state index in [-0.39, 0.29) is 0 Å². The lowest BCUT2D eigenvalue weighted by molar-refractivity contribution is 0.643. The van der Waals surface area contributed by atoms with Crippen LogP contribution in [-0.2, 0) is 6.42 Å². The van der Waals surface area contributed by atoms with E-state index >= 15 is 0 Å². The van der Waals surface area contributed by atoms with Gasteiger partial charge < -0.3 is 0 Å². The molecule has 0 nitrogen and oxygen atoms in total. The Morgan fingerprint density at radius 3 is 2.12 bits per heavy atom. The van der Waals surface area contributed by atoms with Crippen molar-refractivity contribution in [3.63, 3.8) is 0 Å². The van der Waals surface area contributed by atoms with E-state index in [4.69, 9.17) is 23.2 Å². The van der Waals surface area contributed by atoms with Crippen LogP contribution in [0.15, 0.2) is 24.3 Å². The number of rotatable bonds is 5. The van der Waals surface area contributed by atoms with Crippen LogP contribution in [0.25, 0.3) is 0 Å². The highest BCUT2D eigenvalue weighted by Crippen LogP contribution is 2.22. The first-order valence-electron chi connectivity index (χ1n) is 5.71. The molecule has 0 aromatic heterocycles. The van der Waals surface area contributed by atoms with Crippen molar-refractivity contribution in [2.24, 2.45) is 5.92 Å². The van der Waals surface area contributed by atoms with Gasteiger partial charge in [-0.15, -0.1) is 11.6 Å². The average Bonchev–Trinajstić information content (AvgIpc) is 2.18. The summed E-state index contributed by atoms with van der Waals surface area (Å²) in [6.07, 6.45) is 1.07. The Bertz CT molecular complexity index is 314. The zero-order valence-corrected chi connectivity index (χ0v) is 12.8. The van der Waals surface area contributed by atoms with E-state index in [9.17, 15) is 0 Å². The minimum absolute atomic E-state index is 0.606. The number of hydrogen-bond donors (Lipinski definition) is 0. The summed E-state index contributed by atoms with van der Waals surface area (Å²) in [5, 5.41) is 0.802. The third-order valence-electron chi connectivity index (χ3n) is 2.56. The SMILES string of the molecule is C[Si](C)(C)CC(CCl)Cc1ccc(Cl)cc1. The minimum atomic E-state index is -1.02. The number of halogens is 2. The summed E-state index contributed by atoms with van der Waals surface area (Å²) >= 11 is 11.9. The molecule has 0 N–H and O–H groups in total. The van der Waals surface area contributed by atoms with Crippen molar-refractivity contribution in [3.05, 3.63) is 34.9 Å². The molecule has 3 heteroatoms. The van der Waals surface area contributed by atoms with Crippen molar-refractivity contribution in [1.82, 2.24) is 0 Å². The number of hydrogen-bond acceptors (Lipinski definition) is 0. The molecule has 16 heavy (non-hydrogen) atoms. The maximum Gasteiger partial charge on any atom is 0.0445 e. The largest absolute Gasteiger partial charge is 0.126 e. The van der Waals surface area contributed by atoms with Crippen LogP contribution >= 0.6 is 23.2 Å². The first kappa shape index (κ1) is 14.1. The maximum atomic E-state index is 6.05. The summed E-state index contributed by atoms with van der Waals surface area (Å²) in [6.45, 7) is 7.19. The van der Waals surface area contributed by atoms with Gasteiger partial charge in [0, 0.05) is 19.0 Å². The van der Waals surface area contributed by atoms with Gasteiger partial charge in [-0.2, -0.15) is 0 Å². The zero-order valence-electron chi connectivity index (χ0n) is 10.3. The third-order valence-corrected chi connectivity index (χ3v) is 5.05. The van der Waals surface area contributed by atoms with Gasteiger partial charge in [-0.3, -0.25) is 0 Å². The second-order valence-electron chi connectivity index (χ2n) is 5.62. The number of benzene rings is 1. The maximum absolute atomic E-state index is 6.05. The van der Waals surface area contributed by atoms with E-state index in [1.54, 1.807) is 0 Å². The fourth-order valence-corrected chi connectivity index (χ4v) is 4.55. The topological polar surface area (TPSA) is 0 Å². The molecule has 1 aromatic carbocycles. The molecule has 90 valence electrons. The summed E-state index contributed by atoms with van der Waals surface area (Å²) < 4.78 is 0. The molecule has 0 aliphatic carbocycles. The monoisotopic (exact) mass is 274 g/mol.